The molecular weight excluding hydrogens is 108 g/mol. The molecule has 0 N–H and O–H groups in total. The van der Waals surface area contributed by atoms with Crippen LogP contribution in [0.5, 0.6) is 0 Å². The molecule has 3 rings (SSSR count). The molecule has 0 spiro atoms. The third-order valence-corrected chi connectivity index (χ3v) is 2.80. The van der Waals surface area contributed by atoms with Crippen LogP contribution in [0.3, 0.4) is 0 Å². The number of hydrogen-bond donors (Lipinski definition) is 0. The molecule has 9 heavy (non-hydrogen) atoms. The Hall–Kier alpha value is 0. The van der Waals surface area contributed by atoms with Crippen molar-refractivity contribution in [1.29, 1.82) is 0 Å². The van der Waals surface area contributed by atoms with Gasteiger partial charge in [-0.15, -0.1) is 0 Å². The van der Waals surface area contributed by atoms with E-state index < -0.39 is 0 Å². The summed E-state index contributed by atoms with van der Waals surface area (Å²) in [6, 6.07) is 0. The maximum Gasteiger partial charge on any atom is -0.0235 e. The van der Waals surface area contributed by atoms with Crippen LogP contribution in [0.25, 0.3) is 0 Å². The van der Waals surface area contributed by atoms with Crippen LogP contribution in [-0.2, 0) is 0 Å². The van der Waals surface area contributed by atoms with Gasteiger partial charge >= 0.3 is 0 Å². The maximum atomic E-state index is 1.87. The van der Waals surface area contributed by atoms with E-state index in [9.17, 15) is 0 Å². The molecular formula is C9H15. The third kappa shape index (κ3) is 1.12. The van der Waals surface area contributed by atoms with Crippen LogP contribution in [-0.4, -0.2) is 0 Å². The second-order valence-electron chi connectivity index (χ2n) is 3.62. The highest BCUT2D eigenvalue weighted by Crippen LogP contribution is 2.43. The van der Waals surface area contributed by atoms with Crippen LogP contribution in [0.4, 0.5) is 0 Å². The summed E-state index contributed by atoms with van der Waals surface area (Å²) in [6.45, 7) is 0. The molecule has 0 saturated heterocycles. The highest BCUT2D eigenvalue weighted by molar-refractivity contribution is 5.03. The van der Waals surface area contributed by atoms with E-state index in [0.717, 1.165) is 5.92 Å². The predicted molar refractivity (Wildman–Crippen MR) is 39.1 cm³/mol. The van der Waals surface area contributed by atoms with Crippen molar-refractivity contribution >= 4 is 0 Å². The maximum absolute atomic E-state index is 1.87. The lowest BCUT2D eigenvalue weighted by atomic mass is 9.69. The van der Waals surface area contributed by atoms with Gasteiger partial charge in [0.2, 0.25) is 0 Å². The average Bonchev–Trinajstić information content (AvgIpc) is 1.54. The van der Waals surface area contributed by atoms with Crippen molar-refractivity contribution in [2.75, 3.05) is 0 Å². The largest absolute Gasteiger partial charge is 0.0533 e. The Morgan fingerprint density at radius 2 is 1.89 bits per heavy atom. The highest BCUT2D eigenvalue weighted by Gasteiger charge is 2.29. The van der Waals surface area contributed by atoms with Crippen molar-refractivity contribution in [3.63, 3.8) is 0 Å². The summed E-state index contributed by atoms with van der Waals surface area (Å²) in [5.74, 6) is 3.00. The molecule has 0 unspecified atom stereocenters. The molecule has 0 aromatic heterocycles. The Morgan fingerprint density at radius 3 is 2.78 bits per heavy atom. The SMILES string of the molecule is C1CC[C]2CC(CC1)C2. The normalized spacial score (nSPS) is 30.7. The molecule has 3 saturated carbocycles. The lowest BCUT2D eigenvalue weighted by Crippen LogP contribution is -2.23. The van der Waals surface area contributed by atoms with Crippen LogP contribution < -0.4 is 0 Å². The summed E-state index contributed by atoms with van der Waals surface area (Å²) >= 11 is 0. The van der Waals surface area contributed by atoms with E-state index in [1.807, 2.05) is 5.92 Å². The first-order chi connectivity index (χ1) is 4.45. The quantitative estimate of drug-likeness (QED) is 0.464. The smallest absolute Gasteiger partial charge is 0.0235 e. The number of fused-ring (bicyclic) bond motifs is 4. The van der Waals surface area contributed by atoms with Gasteiger partial charge in [0, 0.05) is 0 Å². The van der Waals surface area contributed by atoms with E-state index in [1.54, 1.807) is 0 Å². The molecule has 1 radical (unpaired) electrons. The summed E-state index contributed by atoms with van der Waals surface area (Å²) in [5, 5.41) is 0. The summed E-state index contributed by atoms with van der Waals surface area (Å²) in [7, 11) is 0. The minimum atomic E-state index is 1.13. The van der Waals surface area contributed by atoms with Crippen molar-refractivity contribution in [1.82, 2.24) is 0 Å². The van der Waals surface area contributed by atoms with Gasteiger partial charge in [-0.3, -0.25) is 0 Å². The van der Waals surface area contributed by atoms with Crippen molar-refractivity contribution in [2.24, 2.45) is 5.92 Å². The Balaban J connectivity index is 1.85. The van der Waals surface area contributed by atoms with E-state index in [1.165, 1.54) is 44.9 Å². The minimum Gasteiger partial charge on any atom is -0.0533 e. The Bertz CT molecular complexity index is 74.7. The van der Waals surface area contributed by atoms with Crippen molar-refractivity contribution in [3.8, 4) is 0 Å². The average molecular weight is 123 g/mol. The van der Waals surface area contributed by atoms with Gasteiger partial charge in [-0.25, -0.2) is 0 Å². The molecule has 0 aromatic carbocycles. The fourth-order valence-electron chi connectivity index (χ4n) is 2.15. The summed E-state index contributed by atoms with van der Waals surface area (Å²) < 4.78 is 0. The van der Waals surface area contributed by atoms with E-state index >= 15 is 0 Å². The highest BCUT2D eigenvalue weighted by atomic mass is 14.3. The molecule has 0 aliphatic heterocycles. The molecule has 0 nitrogen and oxygen atoms in total. The second-order valence-corrected chi connectivity index (χ2v) is 3.62. The molecule has 0 heterocycles. The van der Waals surface area contributed by atoms with Gasteiger partial charge in [-0.2, -0.15) is 0 Å². The topological polar surface area (TPSA) is 0 Å². The zero-order valence-corrected chi connectivity index (χ0v) is 6.03. The van der Waals surface area contributed by atoms with Crippen LogP contribution in [0, 0.1) is 11.8 Å². The number of hydrogen-bond acceptors (Lipinski definition) is 0. The third-order valence-electron chi connectivity index (χ3n) is 2.80. The van der Waals surface area contributed by atoms with Gasteiger partial charge in [0.1, 0.15) is 0 Å². The molecule has 2 bridgehead atoms. The van der Waals surface area contributed by atoms with E-state index in [2.05, 4.69) is 0 Å². The molecule has 3 fully saturated rings. The van der Waals surface area contributed by atoms with Gasteiger partial charge in [0.05, 0.1) is 0 Å². The lowest BCUT2D eigenvalue weighted by molar-refractivity contribution is 0.279. The first kappa shape index (κ1) is 5.76. The minimum absolute atomic E-state index is 1.13. The first-order valence-electron chi connectivity index (χ1n) is 4.29. The van der Waals surface area contributed by atoms with E-state index in [-0.39, 0.29) is 0 Å². The second kappa shape index (κ2) is 2.32. The molecule has 0 aromatic rings. The van der Waals surface area contributed by atoms with Crippen LogP contribution in [0.15, 0.2) is 0 Å². The zero-order chi connectivity index (χ0) is 6.10. The predicted octanol–water partition coefficient (Wildman–Crippen LogP) is 2.93. The van der Waals surface area contributed by atoms with Gasteiger partial charge < -0.3 is 0 Å². The van der Waals surface area contributed by atoms with E-state index in [4.69, 9.17) is 0 Å². The van der Waals surface area contributed by atoms with Crippen molar-refractivity contribution in [2.45, 2.75) is 44.9 Å². The summed E-state index contributed by atoms with van der Waals surface area (Å²) in [5.41, 5.74) is 0. The van der Waals surface area contributed by atoms with Crippen LogP contribution >= 0.6 is 0 Å². The zero-order valence-electron chi connectivity index (χ0n) is 6.03. The fourth-order valence-corrected chi connectivity index (χ4v) is 2.15. The van der Waals surface area contributed by atoms with Gasteiger partial charge in [0.25, 0.3) is 0 Å². The van der Waals surface area contributed by atoms with Crippen molar-refractivity contribution < 1.29 is 0 Å². The first-order valence-corrected chi connectivity index (χ1v) is 4.29. The van der Waals surface area contributed by atoms with Gasteiger partial charge in [-0.05, 0) is 31.1 Å². The summed E-state index contributed by atoms with van der Waals surface area (Å²) in [4.78, 5) is 0. The Morgan fingerprint density at radius 1 is 1.00 bits per heavy atom. The lowest BCUT2D eigenvalue weighted by Gasteiger charge is -2.37. The van der Waals surface area contributed by atoms with E-state index in [0.29, 0.717) is 0 Å². The molecule has 3 aliphatic rings. The van der Waals surface area contributed by atoms with Crippen LogP contribution in [0.2, 0.25) is 0 Å². The molecule has 3 aliphatic carbocycles. The molecule has 0 atom stereocenters. The molecule has 0 amide bonds. The molecule has 51 valence electrons. The molecule has 0 heteroatoms. The monoisotopic (exact) mass is 123 g/mol. The van der Waals surface area contributed by atoms with Gasteiger partial charge in [0.15, 0.2) is 0 Å². The van der Waals surface area contributed by atoms with Crippen LogP contribution in [0.1, 0.15) is 44.9 Å². The summed E-state index contributed by atoms with van der Waals surface area (Å²) in [6.07, 6.45) is 10.5. The Kier molecular flexibility index (Phi) is 1.48. The number of rotatable bonds is 0. The van der Waals surface area contributed by atoms with Gasteiger partial charge in [-0.1, -0.05) is 25.7 Å². The standard InChI is InChI=1S/C9H15/c1-2-4-8-6-9(7-8)5-3-1/h8H,1-7H2. The fraction of sp³-hybridized carbons (Fsp3) is 0.889. The Labute approximate surface area is 57.6 Å². The van der Waals surface area contributed by atoms with Crippen molar-refractivity contribution in [3.05, 3.63) is 5.92 Å².